The molecule has 3 aliphatic rings. The Bertz CT molecular complexity index is 1190. The fourth-order valence-electron chi connectivity index (χ4n) is 5.77. The number of aromatic amines is 2. The first kappa shape index (κ1) is 23.4. The van der Waals surface area contributed by atoms with Gasteiger partial charge in [-0.3, -0.25) is 14.8 Å². The zero-order valence-corrected chi connectivity index (χ0v) is 20.9. The van der Waals surface area contributed by atoms with Gasteiger partial charge in [0.25, 0.3) is 5.91 Å². The van der Waals surface area contributed by atoms with Crippen LogP contribution in [0, 0.1) is 0 Å². The molecule has 11 heteroatoms. The number of rotatable bonds is 4. The van der Waals surface area contributed by atoms with Crippen molar-refractivity contribution in [2.24, 2.45) is 0 Å². The first-order valence-corrected chi connectivity index (χ1v) is 13.0. The Kier molecular flexibility index (Phi) is 6.36. The molecule has 2 atom stereocenters. The third-order valence-corrected chi connectivity index (χ3v) is 7.50. The molecule has 0 saturated carbocycles. The molecule has 3 fully saturated rings. The number of hydrogen-bond donors (Lipinski definition) is 2. The van der Waals surface area contributed by atoms with Gasteiger partial charge in [0.15, 0.2) is 11.5 Å². The summed E-state index contributed by atoms with van der Waals surface area (Å²) >= 11 is 0. The number of piperidine rings is 1. The number of morpholine rings is 2. The molecule has 2 N–H and O–H groups in total. The van der Waals surface area contributed by atoms with E-state index >= 15 is 0 Å². The molecule has 3 aromatic rings. The largest absolute Gasteiger partial charge is 0.378 e. The van der Waals surface area contributed by atoms with E-state index in [0.29, 0.717) is 30.7 Å². The number of aromatic nitrogens is 5. The van der Waals surface area contributed by atoms with E-state index in [9.17, 15) is 4.79 Å². The highest BCUT2D eigenvalue weighted by molar-refractivity contribution is 5.97. The molecule has 6 heterocycles. The van der Waals surface area contributed by atoms with Gasteiger partial charge in [-0.1, -0.05) is 0 Å². The lowest BCUT2D eigenvalue weighted by Crippen LogP contribution is -2.53. The second-order valence-electron chi connectivity index (χ2n) is 10.1. The number of imidazole rings is 1. The molecule has 0 aliphatic carbocycles. The Labute approximate surface area is 210 Å². The molecule has 0 bridgehead atoms. The minimum absolute atomic E-state index is 0.0621. The number of ether oxygens (including phenoxy) is 2. The zero-order chi connectivity index (χ0) is 24.6. The number of amides is 1. The van der Waals surface area contributed by atoms with Gasteiger partial charge in [-0.2, -0.15) is 5.10 Å². The van der Waals surface area contributed by atoms with Gasteiger partial charge in [-0.15, -0.1) is 0 Å². The van der Waals surface area contributed by atoms with E-state index in [1.54, 1.807) is 6.20 Å². The molecular weight excluding hydrogens is 460 g/mol. The van der Waals surface area contributed by atoms with Gasteiger partial charge in [-0.05, 0) is 32.8 Å². The van der Waals surface area contributed by atoms with Crippen LogP contribution in [-0.4, -0.2) is 112 Å². The fourth-order valence-corrected chi connectivity index (χ4v) is 5.77. The van der Waals surface area contributed by atoms with Crippen LogP contribution in [0.2, 0.25) is 0 Å². The van der Waals surface area contributed by atoms with Crippen molar-refractivity contribution in [2.45, 2.75) is 44.9 Å². The smallest absolute Gasteiger partial charge is 0.289 e. The third-order valence-electron chi connectivity index (χ3n) is 7.50. The lowest BCUT2D eigenvalue weighted by atomic mass is 10.0. The Morgan fingerprint density at radius 3 is 2.50 bits per heavy atom. The second kappa shape index (κ2) is 9.79. The molecule has 0 unspecified atom stereocenters. The van der Waals surface area contributed by atoms with Gasteiger partial charge in [0, 0.05) is 57.1 Å². The minimum atomic E-state index is -0.0621. The SMILES string of the molecule is C[C@@H]1CN(C2CCN(C(=O)c3nc4nc(-c5cn[nH]c5)cc(N5CCOCC5)c4[nH]3)CC2)C[C@H](C)O1. The number of carbonyl (C=O) groups excluding carboxylic acids is 1. The molecule has 6 rings (SSSR count). The maximum absolute atomic E-state index is 13.5. The Morgan fingerprint density at radius 1 is 1.06 bits per heavy atom. The van der Waals surface area contributed by atoms with Crippen molar-refractivity contribution in [3.05, 3.63) is 24.3 Å². The molecule has 0 aromatic carbocycles. The highest BCUT2D eigenvalue weighted by atomic mass is 16.5. The maximum Gasteiger partial charge on any atom is 0.289 e. The van der Waals surface area contributed by atoms with E-state index in [1.807, 2.05) is 17.2 Å². The molecule has 3 aromatic heterocycles. The molecule has 192 valence electrons. The van der Waals surface area contributed by atoms with Gasteiger partial charge in [0.05, 0.1) is 43.0 Å². The monoisotopic (exact) mass is 494 g/mol. The highest BCUT2D eigenvalue weighted by Crippen LogP contribution is 2.31. The van der Waals surface area contributed by atoms with E-state index in [0.717, 1.165) is 74.6 Å². The van der Waals surface area contributed by atoms with E-state index in [2.05, 4.69) is 43.8 Å². The molecule has 3 saturated heterocycles. The first-order chi connectivity index (χ1) is 17.5. The lowest BCUT2D eigenvalue weighted by Gasteiger charge is -2.43. The van der Waals surface area contributed by atoms with Crippen molar-refractivity contribution in [1.29, 1.82) is 0 Å². The number of hydrogen-bond acceptors (Lipinski definition) is 8. The summed E-state index contributed by atoms with van der Waals surface area (Å²) < 4.78 is 11.5. The van der Waals surface area contributed by atoms with Crippen LogP contribution in [-0.2, 0) is 9.47 Å². The van der Waals surface area contributed by atoms with Gasteiger partial charge in [0.1, 0.15) is 5.52 Å². The van der Waals surface area contributed by atoms with Crippen LogP contribution in [0.1, 0.15) is 37.3 Å². The summed E-state index contributed by atoms with van der Waals surface area (Å²) in [5, 5.41) is 6.92. The zero-order valence-electron chi connectivity index (χ0n) is 20.9. The summed E-state index contributed by atoms with van der Waals surface area (Å²) in [7, 11) is 0. The van der Waals surface area contributed by atoms with Crippen molar-refractivity contribution in [2.75, 3.05) is 57.4 Å². The molecule has 1 amide bonds. The maximum atomic E-state index is 13.5. The van der Waals surface area contributed by atoms with Crippen molar-refractivity contribution in [3.63, 3.8) is 0 Å². The Balaban J connectivity index is 1.23. The molecule has 36 heavy (non-hydrogen) atoms. The molecule has 0 radical (unpaired) electrons. The van der Waals surface area contributed by atoms with Crippen LogP contribution >= 0.6 is 0 Å². The van der Waals surface area contributed by atoms with Gasteiger partial charge < -0.3 is 24.3 Å². The number of carbonyl (C=O) groups is 1. The summed E-state index contributed by atoms with van der Waals surface area (Å²) in [6.07, 6.45) is 6.00. The summed E-state index contributed by atoms with van der Waals surface area (Å²) in [5.74, 6) is 0.288. The van der Waals surface area contributed by atoms with Crippen molar-refractivity contribution in [1.82, 2.24) is 34.9 Å². The first-order valence-electron chi connectivity index (χ1n) is 13.0. The second-order valence-corrected chi connectivity index (χ2v) is 10.1. The lowest BCUT2D eigenvalue weighted by molar-refractivity contribution is -0.0856. The standard InChI is InChI=1S/C25H34N8O3/c1-16-14-33(15-17(2)36-16)19-3-5-32(6-4-19)25(34)24-29-22-21(31-7-9-35-10-8-31)11-20(28-23(22)30-24)18-12-26-27-13-18/h11-13,16-17,19H,3-10,14-15H2,1-2H3,(H,26,27)(H,28,29,30)/t16-,17+. The quantitative estimate of drug-likeness (QED) is 0.565. The number of likely N-dealkylation sites (tertiary alicyclic amines) is 1. The summed E-state index contributed by atoms with van der Waals surface area (Å²) in [5.41, 5.74) is 3.98. The van der Waals surface area contributed by atoms with Crippen LogP contribution in [0.3, 0.4) is 0 Å². The van der Waals surface area contributed by atoms with E-state index < -0.39 is 0 Å². The van der Waals surface area contributed by atoms with Crippen molar-refractivity contribution in [3.8, 4) is 11.3 Å². The van der Waals surface area contributed by atoms with E-state index in [1.165, 1.54) is 0 Å². The third kappa shape index (κ3) is 4.58. The number of anilines is 1. The van der Waals surface area contributed by atoms with Crippen LogP contribution in [0.25, 0.3) is 22.4 Å². The van der Waals surface area contributed by atoms with Gasteiger partial charge >= 0.3 is 0 Å². The number of H-pyrrole nitrogens is 2. The predicted octanol–water partition coefficient (Wildman–Crippen LogP) is 1.90. The molecule has 0 spiro atoms. The average molecular weight is 495 g/mol. The topological polar surface area (TPSA) is 115 Å². The summed E-state index contributed by atoms with van der Waals surface area (Å²) in [4.78, 5) is 33.0. The number of nitrogens with one attached hydrogen (secondary N) is 2. The predicted molar refractivity (Wildman–Crippen MR) is 135 cm³/mol. The average Bonchev–Trinajstić information content (AvgIpc) is 3.58. The van der Waals surface area contributed by atoms with Gasteiger partial charge in [0.2, 0.25) is 0 Å². The summed E-state index contributed by atoms with van der Waals surface area (Å²) in [6, 6.07) is 2.53. The van der Waals surface area contributed by atoms with Crippen LogP contribution in [0.15, 0.2) is 18.5 Å². The number of nitrogens with zero attached hydrogens (tertiary/aromatic N) is 6. The van der Waals surface area contributed by atoms with Crippen LogP contribution in [0.5, 0.6) is 0 Å². The normalized spacial score (nSPS) is 24.5. The Morgan fingerprint density at radius 2 is 1.81 bits per heavy atom. The van der Waals surface area contributed by atoms with Gasteiger partial charge in [-0.25, -0.2) is 9.97 Å². The minimum Gasteiger partial charge on any atom is -0.378 e. The Hall–Kier alpha value is -3.02. The molecule has 11 nitrogen and oxygen atoms in total. The van der Waals surface area contributed by atoms with E-state index in [4.69, 9.17) is 14.5 Å². The van der Waals surface area contributed by atoms with Crippen molar-refractivity contribution < 1.29 is 14.3 Å². The number of fused-ring (bicyclic) bond motifs is 1. The van der Waals surface area contributed by atoms with E-state index in [-0.39, 0.29) is 18.1 Å². The molecular formula is C25H34N8O3. The molecule has 3 aliphatic heterocycles. The van der Waals surface area contributed by atoms with Crippen molar-refractivity contribution >= 4 is 22.8 Å². The van der Waals surface area contributed by atoms with Crippen LogP contribution < -0.4 is 4.90 Å². The fraction of sp³-hybridized carbons (Fsp3) is 0.600. The number of pyridine rings is 1. The highest BCUT2D eigenvalue weighted by Gasteiger charge is 2.33. The summed E-state index contributed by atoms with van der Waals surface area (Å²) in [6.45, 7) is 10.5. The van der Waals surface area contributed by atoms with Crippen LogP contribution in [0.4, 0.5) is 5.69 Å².